The number of nitro groups is 1. The number of benzene rings is 2. The maximum Gasteiger partial charge on any atom is 0.322 e. The van der Waals surface area contributed by atoms with E-state index in [0.717, 1.165) is 5.56 Å². The van der Waals surface area contributed by atoms with Crippen molar-refractivity contribution in [3.05, 3.63) is 75.7 Å². The van der Waals surface area contributed by atoms with E-state index in [4.69, 9.17) is 4.42 Å². The van der Waals surface area contributed by atoms with Crippen LogP contribution in [-0.2, 0) is 17.6 Å². The van der Waals surface area contributed by atoms with Gasteiger partial charge in [-0.25, -0.2) is 0 Å². The summed E-state index contributed by atoms with van der Waals surface area (Å²) in [5.41, 5.74) is 1.65. The zero-order chi connectivity index (χ0) is 19.2. The molecule has 27 heavy (non-hydrogen) atoms. The number of anilines is 1. The fraction of sp³-hybridized carbons (Fsp3) is 0.167. The second-order valence-electron chi connectivity index (χ2n) is 5.67. The summed E-state index contributed by atoms with van der Waals surface area (Å²) in [7, 11) is 0. The van der Waals surface area contributed by atoms with Gasteiger partial charge in [0.25, 0.3) is 5.69 Å². The molecule has 0 unspecified atom stereocenters. The summed E-state index contributed by atoms with van der Waals surface area (Å²) in [5, 5.41) is 20.9. The molecule has 1 heterocycles. The highest BCUT2D eigenvalue weighted by Crippen LogP contribution is 2.17. The Morgan fingerprint density at radius 2 is 1.78 bits per heavy atom. The van der Waals surface area contributed by atoms with Crippen molar-refractivity contribution in [2.45, 2.75) is 17.7 Å². The second-order valence-corrected chi connectivity index (χ2v) is 6.55. The van der Waals surface area contributed by atoms with Crippen molar-refractivity contribution < 1.29 is 14.1 Å². The summed E-state index contributed by atoms with van der Waals surface area (Å²) in [6.45, 7) is 0. The molecule has 0 radical (unpaired) electrons. The molecule has 138 valence electrons. The van der Waals surface area contributed by atoms with Gasteiger partial charge in [-0.2, -0.15) is 0 Å². The quantitative estimate of drug-likeness (QED) is 0.377. The van der Waals surface area contributed by atoms with Crippen LogP contribution in [0.4, 0.5) is 11.7 Å². The van der Waals surface area contributed by atoms with Crippen LogP contribution >= 0.6 is 11.8 Å². The van der Waals surface area contributed by atoms with E-state index in [0.29, 0.717) is 17.9 Å². The van der Waals surface area contributed by atoms with Crippen LogP contribution in [0.2, 0.25) is 0 Å². The van der Waals surface area contributed by atoms with Crippen molar-refractivity contribution in [3.63, 3.8) is 0 Å². The Balaban J connectivity index is 1.56. The van der Waals surface area contributed by atoms with E-state index in [2.05, 4.69) is 15.5 Å². The number of non-ortho nitro benzene ring substituents is 1. The van der Waals surface area contributed by atoms with Gasteiger partial charge in [0, 0.05) is 17.0 Å². The lowest BCUT2D eigenvalue weighted by Gasteiger charge is -2.01. The molecule has 1 aromatic heterocycles. The van der Waals surface area contributed by atoms with Gasteiger partial charge in [-0.1, -0.05) is 29.4 Å². The van der Waals surface area contributed by atoms with Crippen molar-refractivity contribution in [1.82, 2.24) is 10.2 Å². The topological polar surface area (TPSA) is 111 Å². The molecule has 0 aliphatic rings. The number of amides is 1. The molecule has 0 saturated carbocycles. The van der Waals surface area contributed by atoms with Gasteiger partial charge in [-0.15, -0.1) is 16.9 Å². The summed E-state index contributed by atoms with van der Waals surface area (Å²) < 4.78 is 5.45. The Labute approximate surface area is 159 Å². The number of nitrogens with zero attached hydrogens (tertiary/aromatic N) is 3. The van der Waals surface area contributed by atoms with E-state index in [1.165, 1.54) is 29.2 Å². The minimum atomic E-state index is -0.488. The van der Waals surface area contributed by atoms with Gasteiger partial charge in [-0.3, -0.25) is 20.2 Å². The number of carbonyl (C=O) groups is 1. The molecule has 8 nitrogen and oxygen atoms in total. The molecule has 0 fully saturated rings. The number of hydrogen-bond donors (Lipinski definition) is 1. The van der Waals surface area contributed by atoms with E-state index >= 15 is 0 Å². The van der Waals surface area contributed by atoms with Gasteiger partial charge in [0.05, 0.1) is 17.8 Å². The fourth-order valence-corrected chi connectivity index (χ4v) is 2.79. The van der Waals surface area contributed by atoms with E-state index in [1.807, 2.05) is 30.5 Å². The first-order valence-corrected chi connectivity index (χ1v) is 9.24. The van der Waals surface area contributed by atoms with Crippen LogP contribution in [0.1, 0.15) is 17.0 Å². The molecular weight excluding hydrogens is 368 g/mol. The standard InChI is InChI=1S/C18H16N4O4S/c1-27-15-8-4-13(5-9-15)11-17-20-21-18(26-17)19-16(23)10-12-2-6-14(7-3-12)22(24)25/h2-9H,10-11H2,1H3,(H,19,21,23). The number of rotatable bonds is 7. The summed E-state index contributed by atoms with van der Waals surface area (Å²) >= 11 is 1.67. The van der Waals surface area contributed by atoms with Crippen LogP contribution in [0.15, 0.2) is 57.8 Å². The minimum absolute atomic E-state index is 0.0220. The smallest absolute Gasteiger partial charge is 0.322 e. The first-order chi connectivity index (χ1) is 13.0. The summed E-state index contributed by atoms with van der Waals surface area (Å²) in [6, 6.07) is 13.8. The molecule has 9 heteroatoms. The molecule has 0 aliphatic carbocycles. The van der Waals surface area contributed by atoms with Gasteiger partial charge in [0.2, 0.25) is 11.8 Å². The van der Waals surface area contributed by atoms with E-state index in [1.54, 1.807) is 11.8 Å². The Kier molecular flexibility index (Phi) is 5.82. The molecule has 1 N–H and O–H groups in total. The molecule has 0 spiro atoms. The molecule has 3 aromatic rings. The van der Waals surface area contributed by atoms with Crippen molar-refractivity contribution in [2.24, 2.45) is 0 Å². The van der Waals surface area contributed by atoms with Crippen LogP contribution < -0.4 is 5.32 Å². The van der Waals surface area contributed by atoms with Crippen molar-refractivity contribution in [2.75, 3.05) is 11.6 Å². The molecule has 2 aromatic carbocycles. The summed E-state index contributed by atoms with van der Waals surface area (Å²) in [6.07, 6.45) is 2.53. The molecule has 0 aliphatic heterocycles. The van der Waals surface area contributed by atoms with Crippen LogP contribution in [0.3, 0.4) is 0 Å². The highest BCUT2D eigenvalue weighted by molar-refractivity contribution is 7.98. The molecule has 0 saturated heterocycles. The zero-order valence-electron chi connectivity index (χ0n) is 14.4. The highest BCUT2D eigenvalue weighted by atomic mass is 32.2. The Bertz CT molecular complexity index is 939. The van der Waals surface area contributed by atoms with Gasteiger partial charge in [0.1, 0.15) is 0 Å². The first kappa shape index (κ1) is 18.6. The van der Waals surface area contributed by atoms with Crippen molar-refractivity contribution in [1.29, 1.82) is 0 Å². The zero-order valence-corrected chi connectivity index (χ0v) is 15.2. The van der Waals surface area contributed by atoms with E-state index in [-0.39, 0.29) is 24.0 Å². The average Bonchev–Trinajstić information content (AvgIpc) is 3.09. The maximum atomic E-state index is 12.1. The number of hydrogen-bond acceptors (Lipinski definition) is 7. The SMILES string of the molecule is CSc1ccc(Cc2nnc(NC(=O)Cc3ccc([N+](=O)[O-])cc3)o2)cc1. The molecule has 1 amide bonds. The Morgan fingerprint density at radius 3 is 2.41 bits per heavy atom. The van der Waals surface area contributed by atoms with Crippen LogP contribution in [0.5, 0.6) is 0 Å². The highest BCUT2D eigenvalue weighted by Gasteiger charge is 2.12. The van der Waals surface area contributed by atoms with Crippen LogP contribution in [0, 0.1) is 10.1 Å². The third-order valence-corrected chi connectivity index (χ3v) is 4.48. The number of carbonyl (C=O) groups excluding carboxylic acids is 1. The lowest BCUT2D eigenvalue weighted by molar-refractivity contribution is -0.384. The molecule has 0 bridgehead atoms. The third-order valence-electron chi connectivity index (χ3n) is 3.74. The number of thioether (sulfide) groups is 1. The molecule has 3 rings (SSSR count). The Morgan fingerprint density at radius 1 is 1.11 bits per heavy atom. The third kappa shape index (κ3) is 5.14. The maximum absolute atomic E-state index is 12.1. The number of nitrogens with one attached hydrogen (secondary N) is 1. The number of nitro benzene ring substituents is 1. The fourth-order valence-electron chi connectivity index (χ4n) is 2.38. The Hall–Kier alpha value is -3.20. The predicted molar refractivity (Wildman–Crippen MR) is 101 cm³/mol. The van der Waals surface area contributed by atoms with Gasteiger partial charge in [-0.05, 0) is 29.5 Å². The van der Waals surface area contributed by atoms with Crippen molar-refractivity contribution in [3.8, 4) is 0 Å². The predicted octanol–water partition coefficient (Wildman–Crippen LogP) is 3.47. The summed E-state index contributed by atoms with van der Waals surface area (Å²) in [4.78, 5) is 23.4. The van der Waals surface area contributed by atoms with Gasteiger partial charge >= 0.3 is 6.01 Å². The van der Waals surface area contributed by atoms with Crippen LogP contribution in [-0.4, -0.2) is 27.3 Å². The second kappa shape index (κ2) is 8.45. The number of aromatic nitrogens is 2. The monoisotopic (exact) mass is 384 g/mol. The van der Waals surface area contributed by atoms with E-state index < -0.39 is 4.92 Å². The lowest BCUT2D eigenvalue weighted by atomic mass is 10.1. The molecular formula is C18H16N4O4S. The van der Waals surface area contributed by atoms with Gasteiger partial charge in [0.15, 0.2) is 0 Å². The van der Waals surface area contributed by atoms with Gasteiger partial charge < -0.3 is 4.42 Å². The molecule has 0 atom stereocenters. The average molecular weight is 384 g/mol. The first-order valence-electron chi connectivity index (χ1n) is 8.02. The van der Waals surface area contributed by atoms with E-state index in [9.17, 15) is 14.9 Å². The largest absolute Gasteiger partial charge is 0.407 e. The lowest BCUT2D eigenvalue weighted by Crippen LogP contribution is -2.14. The minimum Gasteiger partial charge on any atom is -0.407 e. The van der Waals surface area contributed by atoms with Crippen LogP contribution in [0.25, 0.3) is 0 Å². The summed E-state index contributed by atoms with van der Waals surface area (Å²) in [5.74, 6) is 0.0564. The van der Waals surface area contributed by atoms with Crippen molar-refractivity contribution >= 4 is 29.4 Å². The normalized spacial score (nSPS) is 10.6.